The Bertz CT molecular complexity index is 410. The molecule has 2 rings (SSSR count). The number of methoxy groups -OCH3 is 1. The molecule has 5 nitrogen and oxygen atoms in total. The van der Waals surface area contributed by atoms with Crippen LogP contribution in [0.2, 0.25) is 0 Å². The second-order valence-electron chi connectivity index (χ2n) is 4.93. The largest absolute Gasteiger partial charge is 0.383 e. The number of likely N-dealkylation sites (tertiary alicyclic amines) is 1. The zero-order valence-electron chi connectivity index (χ0n) is 10.9. The summed E-state index contributed by atoms with van der Waals surface area (Å²) in [5, 5.41) is 15.2. The Morgan fingerprint density at radius 1 is 1.61 bits per heavy atom. The summed E-state index contributed by atoms with van der Waals surface area (Å²) in [6, 6.07) is 0. The highest BCUT2D eigenvalue weighted by Crippen LogP contribution is 2.35. The highest BCUT2D eigenvalue weighted by molar-refractivity contribution is 9.10. The van der Waals surface area contributed by atoms with Gasteiger partial charge in [0.05, 0.1) is 29.5 Å². The Kier molecular flexibility index (Phi) is 4.42. The van der Waals surface area contributed by atoms with Crippen LogP contribution >= 0.6 is 15.9 Å². The maximum Gasteiger partial charge on any atom is 0.120 e. The first-order valence-electron chi connectivity index (χ1n) is 6.18. The molecule has 1 N–H and O–H groups in total. The molecule has 1 atom stereocenters. The van der Waals surface area contributed by atoms with Crippen LogP contribution in [0.3, 0.4) is 0 Å². The number of rotatable bonds is 4. The Labute approximate surface area is 116 Å². The smallest absolute Gasteiger partial charge is 0.120 e. The minimum Gasteiger partial charge on any atom is -0.383 e. The van der Waals surface area contributed by atoms with Crippen LogP contribution in [-0.2, 0) is 16.9 Å². The van der Waals surface area contributed by atoms with Gasteiger partial charge in [0.15, 0.2) is 0 Å². The lowest BCUT2D eigenvalue weighted by atomic mass is 9.89. The van der Waals surface area contributed by atoms with E-state index in [1.807, 2.05) is 11.7 Å². The van der Waals surface area contributed by atoms with Gasteiger partial charge in [-0.25, -0.2) is 0 Å². The van der Waals surface area contributed by atoms with Gasteiger partial charge in [-0.05, 0) is 42.4 Å². The minimum atomic E-state index is -0.823. The highest BCUT2D eigenvalue weighted by atomic mass is 79.9. The van der Waals surface area contributed by atoms with E-state index < -0.39 is 5.60 Å². The third-order valence-corrected chi connectivity index (χ3v) is 3.98. The predicted molar refractivity (Wildman–Crippen MR) is 72.4 cm³/mol. The molecule has 0 bridgehead atoms. The molecule has 1 saturated heterocycles. The van der Waals surface area contributed by atoms with Crippen LogP contribution in [0.25, 0.3) is 0 Å². The van der Waals surface area contributed by atoms with Gasteiger partial charge in [0.1, 0.15) is 5.60 Å². The van der Waals surface area contributed by atoms with Gasteiger partial charge in [-0.2, -0.15) is 5.10 Å². The molecule has 1 fully saturated rings. The lowest BCUT2D eigenvalue weighted by Crippen LogP contribution is -2.45. The van der Waals surface area contributed by atoms with Crippen LogP contribution in [0.5, 0.6) is 0 Å². The molecular weight excluding hydrogens is 298 g/mol. The monoisotopic (exact) mass is 317 g/mol. The Balaban J connectivity index is 2.27. The number of nitrogens with zero attached hydrogens (tertiary/aromatic N) is 3. The van der Waals surface area contributed by atoms with Crippen LogP contribution in [0, 0.1) is 0 Å². The SMILES string of the molecule is COCCn1ncc(Br)c1C1(O)CCCN(C)C1. The van der Waals surface area contributed by atoms with Crippen LogP contribution in [0.15, 0.2) is 10.7 Å². The van der Waals surface area contributed by atoms with Crippen molar-refractivity contribution in [3.8, 4) is 0 Å². The molecule has 1 aromatic heterocycles. The van der Waals surface area contributed by atoms with Gasteiger partial charge in [0, 0.05) is 13.7 Å². The topological polar surface area (TPSA) is 50.5 Å². The number of β-amino-alcohol motifs (C(OH)–C–C–N with tert-alkyl or cyclic N) is 1. The maximum absolute atomic E-state index is 10.9. The van der Waals surface area contributed by atoms with Gasteiger partial charge in [-0.15, -0.1) is 0 Å². The van der Waals surface area contributed by atoms with Crippen LogP contribution < -0.4 is 0 Å². The first-order valence-corrected chi connectivity index (χ1v) is 6.98. The molecule has 1 unspecified atom stereocenters. The van der Waals surface area contributed by atoms with Crippen molar-refractivity contribution in [1.29, 1.82) is 0 Å². The molecular formula is C12H20BrN3O2. The predicted octanol–water partition coefficient (Wildman–Crippen LogP) is 1.21. The fraction of sp³-hybridized carbons (Fsp3) is 0.750. The van der Waals surface area contributed by atoms with Gasteiger partial charge in [0.2, 0.25) is 0 Å². The van der Waals surface area contributed by atoms with E-state index in [1.165, 1.54) is 0 Å². The Hall–Kier alpha value is -0.430. The molecule has 18 heavy (non-hydrogen) atoms. The van der Waals surface area contributed by atoms with E-state index >= 15 is 0 Å². The number of halogens is 1. The van der Waals surface area contributed by atoms with Gasteiger partial charge >= 0.3 is 0 Å². The molecule has 6 heteroatoms. The van der Waals surface area contributed by atoms with Gasteiger partial charge < -0.3 is 14.7 Å². The molecule has 1 aliphatic heterocycles. The molecule has 0 spiro atoms. The normalized spacial score (nSPS) is 25.6. The second-order valence-corrected chi connectivity index (χ2v) is 5.78. The van der Waals surface area contributed by atoms with E-state index in [0.29, 0.717) is 19.7 Å². The van der Waals surface area contributed by atoms with Crippen molar-refractivity contribution in [2.75, 3.05) is 33.9 Å². The molecule has 0 saturated carbocycles. The van der Waals surface area contributed by atoms with Crippen molar-refractivity contribution < 1.29 is 9.84 Å². The standard InChI is InChI=1S/C12H20BrN3O2/c1-15-5-3-4-12(17,9-15)11-10(13)8-14-16(11)6-7-18-2/h8,17H,3-7,9H2,1-2H3. The van der Waals surface area contributed by atoms with E-state index in [1.54, 1.807) is 13.3 Å². The molecule has 0 radical (unpaired) electrons. The Morgan fingerprint density at radius 3 is 3.06 bits per heavy atom. The lowest BCUT2D eigenvalue weighted by molar-refractivity contribution is -0.0358. The maximum atomic E-state index is 10.9. The van der Waals surface area contributed by atoms with Crippen molar-refractivity contribution in [3.05, 3.63) is 16.4 Å². The number of aliphatic hydroxyl groups is 1. The highest BCUT2D eigenvalue weighted by Gasteiger charge is 2.38. The number of aromatic nitrogens is 2. The lowest BCUT2D eigenvalue weighted by Gasteiger charge is -2.37. The molecule has 0 aliphatic carbocycles. The summed E-state index contributed by atoms with van der Waals surface area (Å²) in [6.07, 6.45) is 3.51. The number of likely N-dealkylation sites (N-methyl/N-ethyl adjacent to an activating group) is 1. The van der Waals surface area contributed by atoms with Crippen molar-refractivity contribution >= 4 is 15.9 Å². The van der Waals surface area contributed by atoms with Crippen LogP contribution in [-0.4, -0.2) is 53.6 Å². The van der Waals surface area contributed by atoms with Crippen molar-refractivity contribution in [1.82, 2.24) is 14.7 Å². The molecule has 2 heterocycles. The van der Waals surface area contributed by atoms with Gasteiger partial charge in [-0.1, -0.05) is 0 Å². The number of ether oxygens (including phenoxy) is 1. The van der Waals surface area contributed by atoms with E-state index in [2.05, 4.69) is 25.9 Å². The summed E-state index contributed by atoms with van der Waals surface area (Å²) in [4.78, 5) is 2.16. The number of hydrogen-bond acceptors (Lipinski definition) is 4. The quantitative estimate of drug-likeness (QED) is 0.906. The zero-order chi connectivity index (χ0) is 13.2. The summed E-state index contributed by atoms with van der Waals surface area (Å²) in [5.41, 5.74) is 0.0434. The molecule has 102 valence electrons. The fourth-order valence-electron chi connectivity index (χ4n) is 2.61. The third kappa shape index (κ3) is 2.77. The first-order chi connectivity index (χ1) is 8.57. The summed E-state index contributed by atoms with van der Waals surface area (Å²) in [5.74, 6) is 0. The Morgan fingerprint density at radius 2 is 2.39 bits per heavy atom. The van der Waals surface area contributed by atoms with Gasteiger partial charge in [-0.3, -0.25) is 4.68 Å². The average Bonchev–Trinajstić information content (AvgIpc) is 2.68. The summed E-state index contributed by atoms with van der Waals surface area (Å²) in [6.45, 7) is 2.92. The van der Waals surface area contributed by atoms with Crippen LogP contribution in [0.1, 0.15) is 18.5 Å². The fourth-order valence-corrected chi connectivity index (χ4v) is 3.28. The van der Waals surface area contributed by atoms with E-state index in [-0.39, 0.29) is 0 Å². The summed E-state index contributed by atoms with van der Waals surface area (Å²) < 4.78 is 7.79. The average molecular weight is 318 g/mol. The summed E-state index contributed by atoms with van der Waals surface area (Å²) in [7, 11) is 3.70. The molecule has 1 aromatic rings. The summed E-state index contributed by atoms with van der Waals surface area (Å²) >= 11 is 3.50. The number of hydrogen-bond donors (Lipinski definition) is 1. The van der Waals surface area contributed by atoms with E-state index in [9.17, 15) is 5.11 Å². The second kappa shape index (κ2) is 5.69. The van der Waals surface area contributed by atoms with Crippen LogP contribution in [0.4, 0.5) is 0 Å². The molecule has 0 amide bonds. The molecule has 0 aromatic carbocycles. The van der Waals surface area contributed by atoms with E-state index in [0.717, 1.165) is 29.6 Å². The molecule has 1 aliphatic rings. The minimum absolute atomic E-state index is 0.590. The van der Waals surface area contributed by atoms with Crippen molar-refractivity contribution in [2.45, 2.75) is 25.0 Å². The zero-order valence-corrected chi connectivity index (χ0v) is 12.5. The number of piperidine rings is 1. The van der Waals surface area contributed by atoms with Crippen molar-refractivity contribution in [2.24, 2.45) is 0 Å². The first kappa shape index (κ1) is 14.0. The van der Waals surface area contributed by atoms with Crippen molar-refractivity contribution in [3.63, 3.8) is 0 Å². The third-order valence-electron chi connectivity index (χ3n) is 3.40. The van der Waals surface area contributed by atoms with E-state index in [4.69, 9.17) is 4.74 Å². The van der Waals surface area contributed by atoms with Gasteiger partial charge in [0.25, 0.3) is 0 Å².